The Bertz CT molecular complexity index is 819. The van der Waals surface area contributed by atoms with Crippen molar-refractivity contribution < 1.29 is 19.0 Å². The van der Waals surface area contributed by atoms with Crippen molar-refractivity contribution in [1.82, 2.24) is 9.97 Å². The average molecular weight is 469 g/mol. The Balaban J connectivity index is 1.67. The molecule has 0 amide bonds. The Morgan fingerprint density at radius 2 is 1.44 bits per heavy atom. The first kappa shape index (κ1) is 27.5. The fourth-order valence-corrected chi connectivity index (χ4v) is 3.28. The lowest BCUT2D eigenvalue weighted by Gasteiger charge is -2.07. The molecule has 34 heavy (non-hydrogen) atoms. The van der Waals surface area contributed by atoms with Gasteiger partial charge in [0, 0.05) is 24.9 Å². The van der Waals surface area contributed by atoms with Crippen LogP contribution in [0.25, 0.3) is 11.4 Å². The summed E-state index contributed by atoms with van der Waals surface area (Å²) >= 11 is 0. The Kier molecular flexibility index (Phi) is 14.3. The molecule has 0 N–H and O–H groups in total. The molecule has 6 nitrogen and oxygen atoms in total. The van der Waals surface area contributed by atoms with Crippen LogP contribution in [0, 0.1) is 0 Å². The van der Waals surface area contributed by atoms with Crippen LogP contribution in [0.5, 0.6) is 11.5 Å². The lowest BCUT2D eigenvalue weighted by molar-refractivity contribution is -0.129. The van der Waals surface area contributed by atoms with E-state index in [1.54, 1.807) is 24.5 Å². The third-order valence-electron chi connectivity index (χ3n) is 5.28. The van der Waals surface area contributed by atoms with E-state index < -0.39 is 0 Å². The standard InChI is InChI=1S/C28H40N2O4/c1-3-5-7-8-9-10-14-27(31)34-25-17-15-24(16-18-25)28-29-22-26(23-30-28)33-21-13-12-20-32-19-11-6-4-2/h10,14-18,22-23H,3-9,11-13,19-21H2,1-2H3/b14-10+. The lowest BCUT2D eigenvalue weighted by atomic mass is 10.1. The molecule has 0 atom stereocenters. The van der Waals surface area contributed by atoms with Crippen molar-refractivity contribution in [2.75, 3.05) is 19.8 Å². The van der Waals surface area contributed by atoms with Crippen molar-refractivity contribution in [2.24, 2.45) is 0 Å². The Hall–Kier alpha value is -2.73. The van der Waals surface area contributed by atoms with E-state index in [2.05, 4.69) is 23.8 Å². The number of ether oxygens (including phenoxy) is 3. The SMILES string of the molecule is CCCCCC/C=C/C(=O)Oc1ccc(-c2ncc(OCCCCOCCCCC)cn2)cc1. The van der Waals surface area contributed by atoms with Crippen LogP contribution in [0.15, 0.2) is 48.8 Å². The van der Waals surface area contributed by atoms with Gasteiger partial charge in [-0.3, -0.25) is 0 Å². The van der Waals surface area contributed by atoms with Crippen molar-refractivity contribution in [3.05, 3.63) is 48.8 Å². The number of unbranched alkanes of at least 4 members (excludes halogenated alkanes) is 7. The molecule has 0 spiro atoms. The lowest BCUT2D eigenvalue weighted by Crippen LogP contribution is -2.03. The maximum Gasteiger partial charge on any atom is 0.335 e. The highest BCUT2D eigenvalue weighted by Crippen LogP contribution is 2.20. The number of hydrogen-bond donors (Lipinski definition) is 0. The number of esters is 1. The van der Waals surface area contributed by atoms with E-state index in [4.69, 9.17) is 14.2 Å². The Labute approximate surface area is 204 Å². The fraction of sp³-hybridized carbons (Fsp3) is 0.536. The molecule has 0 unspecified atom stereocenters. The first-order valence-electron chi connectivity index (χ1n) is 12.7. The van der Waals surface area contributed by atoms with Gasteiger partial charge in [-0.1, -0.05) is 52.0 Å². The smallest absolute Gasteiger partial charge is 0.335 e. The first-order chi connectivity index (χ1) is 16.7. The number of nitrogens with zero attached hydrogens (tertiary/aromatic N) is 2. The normalized spacial score (nSPS) is 11.1. The van der Waals surface area contributed by atoms with E-state index in [0.29, 0.717) is 23.9 Å². The first-order valence-corrected chi connectivity index (χ1v) is 12.7. The molecule has 1 aromatic carbocycles. The summed E-state index contributed by atoms with van der Waals surface area (Å²) in [6.07, 6.45) is 17.9. The molecule has 6 heteroatoms. The summed E-state index contributed by atoms with van der Waals surface area (Å²) in [6.45, 7) is 6.63. The van der Waals surface area contributed by atoms with Gasteiger partial charge >= 0.3 is 5.97 Å². The van der Waals surface area contributed by atoms with Gasteiger partial charge in [-0.25, -0.2) is 14.8 Å². The predicted octanol–water partition coefficient (Wildman–Crippen LogP) is 6.94. The highest BCUT2D eigenvalue weighted by atomic mass is 16.5. The highest BCUT2D eigenvalue weighted by molar-refractivity contribution is 5.84. The van der Waals surface area contributed by atoms with Crippen molar-refractivity contribution in [2.45, 2.75) is 78.1 Å². The zero-order chi connectivity index (χ0) is 24.3. The molecule has 2 rings (SSSR count). The number of benzene rings is 1. The largest absolute Gasteiger partial charge is 0.490 e. The second kappa shape index (κ2) is 17.7. The van der Waals surface area contributed by atoms with E-state index in [1.807, 2.05) is 18.2 Å². The number of allylic oxidation sites excluding steroid dienone is 1. The maximum atomic E-state index is 11.9. The third-order valence-corrected chi connectivity index (χ3v) is 5.28. The van der Waals surface area contributed by atoms with Gasteiger partial charge in [0.1, 0.15) is 5.75 Å². The quantitative estimate of drug-likeness (QED) is 0.102. The number of hydrogen-bond acceptors (Lipinski definition) is 6. The molecule has 0 aliphatic heterocycles. The third kappa shape index (κ3) is 11.9. The van der Waals surface area contributed by atoms with Crippen LogP contribution >= 0.6 is 0 Å². The molecule has 0 bridgehead atoms. The summed E-state index contributed by atoms with van der Waals surface area (Å²) in [5.74, 6) is 1.39. The summed E-state index contributed by atoms with van der Waals surface area (Å²) in [7, 11) is 0. The average Bonchev–Trinajstić information content (AvgIpc) is 2.86. The minimum atomic E-state index is -0.357. The molecule has 0 saturated carbocycles. The summed E-state index contributed by atoms with van der Waals surface area (Å²) in [4.78, 5) is 20.7. The number of carbonyl (C=O) groups excluding carboxylic acids is 1. The van der Waals surface area contributed by atoms with Crippen LogP contribution in [0.1, 0.15) is 78.1 Å². The summed E-state index contributed by atoms with van der Waals surface area (Å²) in [5.41, 5.74) is 0.845. The van der Waals surface area contributed by atoms with E-state index in [0.717, 1.165) is 50.9 Å². The van der Waals surface area contributed by atoms with Crippen molar-refractivity contribution in [3.63, 3.8) is 0 Å². The minimum absolute atomic E-state index is 0.357. The van der Waals surface area contributed by atoms with Gasteiger partial charge in [-0.2, -0.15) is 0 Å². The summed E-state index contributed by atoms with van der Waals surface area (Å²) in [5, 5.41) is 0. The monoisotopic (exact) mass is 468 g/mol. The second-order valence-corrected chi connectivity index (χ2v) is 8.31. The molecule has 186 valence electrons. The fourth-order valence-electron chi connectivity index (χ4n) is 3.28. The Morgan fingerprint density at radius 1 is 0.794 bits per heavy atom. The number of rotatable bonds is 18. The van der Waals surface area contributed by atoms with Gasteiger partial charge in [0.2, 0.25) is 0 Å². The van der Waals surface area contributed by atoms with Crippen molar-refractivity contribution in [3.8, 4) is 22.9 Å². The summed E-state index contributed by atoms with van der Waals surface area (Å²) < 4.78 is 16.7. The van der Waals surface area contributed by atoms with Crippen LogP contribution in [0.3, 0.4) is 0 Å². The molecule has 0 radical (unpaired) electrons. The minimum Gasteiger partial charge on any atom is -0.490 e. The van der Waals surface area contributed by atoms with E-state index in [-0.39, 0.29) is 5.97 Å². The van der Waals surface area contributed by atoms with E-state index >= 15 is 0 Å². The van der Waals surface area contributed by atoms with Crippen molar-refractivity contribution >= 4 is 5.97 Å². The molecule has 1 heterocycles. The second-order valence-electron chi connectivity index (χ2n) is 8.31. The molecule has 0 saturated heterocycles. The molecular formula is C28H40N2O4. The van der Waals surface area contributed by atoms with Gasteiger partial charge in [0.15, 0.2) is 11.6 Å². The van der Waals surface area contributed by atoms with E-state index in [9.17, 15) is 4.79 Å². The van der Waals surface area contributed by atoms with Crippen LogP contribution in [-0.4, -0.2) is 35.8 Å². The van der Waals surface area contributed by atoms with Gasteiger partial charge in [0.05, 0.1) is 19.0 Å². The highest BCUT2D eigenvalue weighted by Gasteiger charge is 2.05. The van der Waals surface area contributed by atoms with Gasteiger partial charge < -0.3 is 14.2 Å². The Morgan fingerprint density at radius 3 is 2.15 bits per heavy atom. The maximum absolute atomic E-state index is 11.9. The molecule has 0 fully saturated rings. The number of aromatic nitrogens is 2. The van der Waals surface area contributed by atoms with Crippen LogP contribution in [-0.2, 0) is 9.53 Å². The molecule has 1 aromatic heterocycles. The zero-order valence-electron chi connectivity index (χ0n) is 20.8. The van der Waals surface area contributed by atoms with Crippen LogP contribution in [0.4, 0.5) is 0 Å². The molecule has 2 aromatic rings. The van der Waals surface area contributed by atoms with Gasteiger partial charge in [-0.15, -0.1) is 0 Å². The molecule has 0 aliphatic rings. The molecule has 0 aliphatic carbocycles. The summed E-state index contributed by atoms with van der Waals surface area (Å²) in [6, 6.07) is 7.18. The zero-order valence-corrected chi connectivity index (χ0v) is 20.8. The number of carbonyl (C=O) groups is 1. The van der Waals surface area contributed by atoms with Crippen molar-refractivity contribution in [1.29, 1.82) is 0 Å². The van der Waals surface area contributed by atoms with E-state index in [1.165, 1.54) is 38.2 Å². The molecular weight excluding hydrogens is 428 g/mol. The topological polar surface area (TPSA) is 70.5 Å². The van der Waals surface area contributed by atoms with Gasteiger partial charge in [-0.05, 0) is 56.4 Å². The van der Waals surface area contributed by atoms with Crippen LogP contribution in [0.2, 0.25) is 0 Å². The van der Waals surface area contributed by atoms with Crippen LogP contribution < -0.4 is 9.47 Å². The predicted molar refractivity (Wildman–Crippen MR) is 136 cm³/mol. The van der Waals surface area contributed by atoms with Gasteiger partial charge in [0.25, 0.3) is 0 Å².